The van der Waals surface area contributed by atoms with E-state index >= 15 is 0 Å². The average molecular weight is 317 g/mol. The molecule has 118 valence electrons. The van der Waals surface area contributed by atoms with Crippen molar-refractivity contribution in [1.82, 2.24) is 15.5 Å². The maximum atomic E-state index is 13.9. The Bertz CT molecular complexity index is 695. The van der Waals surface area contributed by atoms with Crippen LogP contribution in [0.2, 0.25) is 0 Å². The summed E-state index contributed by atoms with van der Waals surface area (Å²) in [6, 6.07) is 3.08. The molecule has 0 bridgehead atoms. The van der Waals surface area contributed by atoms with E-state index < -0.39 is 29.6 Å². The Morgan fingerprint density at radius 3 is 2.50 bits per heavy atom. The quantitative estimate of drug-likeness (QED) is 0.884. The SMILES string of the molecule is CC(C)NC(=O)c1ccc(-c2noc(C(F)(F)F)n2)cc1F. The minimum Gasteiger partial charge on any atom is -0.350 e. The van der Waals surface area contributed by atoms with Gasteiger partial charge in [0.2, 0.25) is 5.82 Å². The highest BCUT2D eigenvalue weighted by Gasteiger charge is 2.38. The molecule has 0 saturated carbocycles. The van der Waals surface area contributed by atoms with Crippen LogP contribution in [-0.4, -0.2) is 22.1 Å². The summed E-state index contributed by atoms with van der Waals surface area (Å²) in [7, 11) is 0. The van der Waals surface area contributed by atoms with Gasteiger partial charge in [-0.15, -0.1) is 0 Å². The Kier molecular flexibility index (Phi) is 4.16. The van der Waals surface area contributed by atoms with Crippen LogP contribution < -0.4 is 5.32 Å². The number of carbonyl (C=O) groups excluding carboxylic acids is 1. The van der Waals surface area contributed by atoms with Gasteiger partial charge < -0.3 is 9.84 Å². The van der Waals surface area contributed by atoms with Crippen LogP contribution >= 0.6 is 0 Å². The number of hydrogen-bond donors (Lipinski definition) is 1. The van der Waals surface area contributed by atoms with E-state index in [1.165, 1.54) is 6.07 Å². The third kappa shape index (κ3) is 3.41. The molecule has 1 amide bonds. The summed E-state index contributed by atoms with van der Waals surface area (Å²) in [4.78, 5) is 14.9. The van der Waals surface area contributed by atoms with Gasteiger partial charge in [0, 0.05) is 11.6 Å². The first-order valence-corrected chi connectivity index (χ1v) is 6.20. The first-order chi connectivity index (χ1) is 10.2. The molecule has 0 aliphatic carbocycles. The molecule has 0 aliphatic rings. The van der Waals surface area contributed by atoms with Gasteiger partial charge in [0.05, 0.1) is 5.56 Å². The molecule has 0 atom stereocenters. The normalized spacial score (nSPS) is 11.8. The lowest BCUT2D eigenvalue weighted by Gasteiger charge is -2.09. The Labute approximate surface area is 122 Å². The molecule has 9 heteroatoms. The molecule has 2 rings (SSSR count). The van der Waals surface area contributed by atoms with Crippen LogP contribution in [0.1, 0.15) is 30.1 Å². The molecule has 0 fully saturated rings. The number of hydrogen-bond acceptors (Lipinski definition) is 4. The predicted molar refractivity (Wildman–Crippen MR) is 67.3 cm³/mol. The zero-order chi connectivity index (χ0) is 16.5. The number of amides is 1. The van der Waals surface area contributed by atoms with E-state index in [1.54, 1.807) is 13.8 Å². The van der Waals surface area contributed by atoms with Gasteiger partial charge in [-0.3, -0.25) is 4.79 Å². The monoisotopic (exact) mass is 317 g/mol. The molecule has 0 saturated heterocycles. The van der Waals surface area contributed by atoms with Crippen molar-refractivity contribution in [2.45, 2.75) is 26.1 Å². The van der Waals surface area contributed by atoms with Crippen LogP contribution in [0.15, 0.2) is 22.7 Å². The molecule has 0 aliphatic heterocycles. The summed E-state index contributed by atoms with van der Waals surface area (Å²) in [6.45, 7) is 3.42. The molecule has 0 spiro atoms. The lowest BCUT2D eigenvalue weighted by molar-refractivity contribution is -0.159. The van der Waals surface area contributed by atoms with Gasteiger partial charge >= 0.3 is 12.1 Å². The highest BCUT2D eigenvalue weighted by Crippen LogP contribution is 2.29. The van der Waals surface area contributed by atoms with Gasteiger partial charge in [0.15, 0.2) is 0 Å². The first kappa shape index (κ1) is 15.9. The van der Waals surface area contributed by atoms with Gasteiger partial charge in [0.1, 0.15) is 5.82 Å². The summed E-state index contributed by atoms with van der Waals surface area (Å²) in [5.74, 6) is -3.45. The number of aromatic nitrogens is 2. The molecule has 22 heavy (non-hydrogen) atoms. The van der Waals surface area contributed by atoms with E-state index in [0.29, 0.717) is 0 Å². The highest BCUT2D eigenvalue weighted by atomic mass is 19.4. The van der Waals surface area contributed by atoms with E-state index in [9.17, 15) is 22.4 Å². The van der Waals surface area contributed by atoms with Crippen molar-refractivity contribution < 1.29 is 26.9 Å². The van der Waals surface area contributed by atoms with Crippen LogP contribution in [0.3, 0.4) is 0 Å². The number of alkyl halides is 3. The van der Waals surface area contributed by atoms with Crippen LogP contribution in [0.25, 0.3) is 11.4 Å². The summed E-state index contributed by atoms with van der Waals surface area (Å²) >= 11 is 0. The topological polar surface area (TPSA) is 68.0 Å². The van der Waals surface area contributed by atoms with Gasteiger partial charge in [-0.1, -0.05) is 11.2 Å². The fourth-order valence-electron chi connectivity index (χ4n) is 1.63. The van der Waals surface area contributed by atoms with Crippen molar-refractivity contribution in [2.75, 3.05) is 0 Å². The smallest absolute Gasteiger partial charge is 0.350 e. The fourth-order valence-corrected chi connectivity index (χ4v) is 1.63. The third-order valence-electron chi connectivity index (χ3n) is 2.56. The largest absolute Gasteiger partial charge is 0.471 e. The van der Waals surface area contributed by atoms with Gasteiger partial charge in [-0.05, 0) is 26.0 Å². The maximum Gasteiger partial charge on any atom is 0.471 e. The number of carbonyl (C=O) groups is 1. The number of halogens is 4. The Balaban J connectivity index is 2.30. The first-order valence-electron chi connectivity index (χ1n) is 6.20. The molecule has 5 nitrogen and oxygen atoms in total. The van der Waals surface area contributed by atoms with Crippen molar-refractivity contribution in [3.63, 3.8) is 0 Å². The minimum atomic E-state index is -4.78. The molecule has 1 N–H and O–H groups in total. The van der Waals surface area contributed by atoms with Crippen LogP contribution in [0.5, 0.6) is 0 Å². The number of rotatable bonds is 3. The zero-order valence-electron chi connectivity index (χ0n) is 11.5. The molecular formula is C13H11F4N3O2. The Morgan fingerprint density at radius 2 is 2.00 bits per heavy atom. The van der Waals surface area contributed by atoms with Crippen LogP contribution in [0.4, 0.5) is 17.6 Å². The minimum absolute atomic E-state index is 0.0298. The molecule has 1 heterocycles. The van der Waals surface area contributed by atoms with Crippen molar-refractivity contribution in [1.29, 1.82) is 0 Å². The Morgan fingerprint density at radius 1 is 1.32 bits per heavy atom. The summed E-state index contributed by atoms with van der Waals surface area (Å²) < 4.78 is 55.1. The molecule has 1 aromatic heterocycles. The fraction of sp³-hybridized carbons (Fsp3) is 0.308. The lowest BCUT2D eigenvalue weighted by atomic mass is 10.1. The van der Waals surface area contributed by atoms with E-state index in [4.69, 9.17) is 0 Å². The standard InChI is InChI=1S/C13H11F4N3O2/c1-6(2)18-11(21)8-4-3-7(5-9(8)14)10-19-12(22-20-10)13(15,16)17/h3-6H,1-2H3,(H,18,21). The number of nitrogens with one attached hydrogen (secondary N) is 1. The predicted octanol–water partition coefficient (Wildman–Crippen LogP) is 3.03. The van der Waals surface area contributed by atoms with Gasteiger partial charge in [-0.25, -0.2) is 4.39 Å². The zero-order valence-corrected chi connectivity index (χ0v) is 11.5. The maximum absolute atomic E-state index is 13.9. The van der Waals surface area contributed by atoms with Crippen LogP contribution in [0, 0.1) is 5.82 Å². The van der Waals surface area contributed by atoms with E-state index in [0.717, 1.165) is 12.1 Å². The summed E-state index contributed by atoms with van der Waals surface area (Å²) in [5, 5.41) is 5.65. The summed E-state index contributed by atoms with van der Waals surface area (Å²) in [6.07, 6.45) is -4.78. The average Bonchev–Trinajstić information content (AvgIpc) is 2.86. The number of nitrogens with zero attached hydrogens (tertiary/aromatic N) is 2. The van der Waals surface area contributed by atoms with Gasteiger partial charge in [0.25, 0.3) is 5.91 Å². The van der Waals surface area contributed by atoms with Crippen molar-refractivity contribution in [3.05, 3.63) is 35.5 Å². The van der Waals surface area contributed by atoms with Crippen molar-refractivity contribution in [2.24, 2.45) is 0 Å². The number of benzene rings is 1. The van der Waals surface area contributed by atoms with Gasteiger partial charge in [-0.2, -0.15) is 18.2 Å². The third-order valence-corrected chi connectivity index (χ3v) is 2.56. The van der Waals surface area contributed by atoms with Crippen molar-refractivity contribution in [3.8, 4) is 11.4 Å². The molecule has 0 unspecified atom stereocenters. The Hall–Kier alpha value is -2.45. The molecule has 2 aromatic rings. The lowest BCUT2D eigenvalue weighted by Crippen LogP contribution is -2.30. The second kappa shape index (κ2) is 5.74. The van der Waals surface area contributed by atoms with E-state index in [1.807, 2.05) is 0 Å². The van der Waals surface area contributed by atoms with E-state index in [-0.39, 0.29) is 17.2 Å². The second-order valence-electron chi connectivity index (χ2n) is 4.74. The molecular weight excluding hydrogens is 306 g/mol. The van der Waals surface area contributed by atoms with E-state index in [2.05, 4.69) is 20.0 Å². The van der Waals surface area contributed by atoms with Crippen LogP contribution in [-0.2, 0) is 6.18 Å². The molecule has 1 aromatic carbocycles. The second-order valence-corrected chi connectivity index (χ2v) is 4.74. The molecule has 0 radical (unpaired) electrons. The van der Waals surface area contributed by atoms with Crippen molar-refractivity contribution >= 4 is 5.91 Å². The highest BCUT2D eigenvalue weighted by molar-refractivity contribution is 5.95. The summed E-state index contributed by atoms with van der Waals surface area (Å²) in [5.41, 5.74) is -0.255.